The fourth-order valence-electron chi connectivity index (χ4n) is 3.38. The summed E-state index contributed by atoms with van der Waals surface area (Å²) in [6.07, 6.45) is -1.86. The van der Waals surface area contributed by atoms with E-state index in [1.807, 2.05) is 29.2 Å². The number of aromatic nitrogens is 2. The third kappa shape index (κ3) is 4.19. The lowest BCUT2D eigenvalue weighted by molar-refractivity contribution is -0.125. The molecule has 1 aliphatic rings. The molecule has 1 aromatic heterocycles. The monoisotopic (exact) mass is 372 g/mol. The van der Waals surface area contributed by atoms with Crippen molar-refractivity contribution in [2.75, 3.05) is 24.5 Å². The summed E-state index contributed by atoms with van der Waals surface area (Å²) in [4.78, 5) is 10.9. The first-order valence-corrected chi connectivity index (χ1v) is 8.85. The number of rotatable bonds is 4. The van der Waals surface area contributed by atoms with Crippen molar-refractivity contribution in [3.05, 3.63) is 54.7 Å². The normalized spacial score (nSPS) is 17.6. The van der Waals surface area contributed by atoms with Gasteiger partial charge in [0.2, 0.25) is 5.95 Å². The summed E-state index contributed by atoms with van der Waals surface area (Å²) >= 11 is 0. The Balaban J connectivity index is 1.51. The molecule has 2 heterocycles. The van der Waals surface area contributed by atoms with Gasteiger partial charge < -0.3 is 10.2 Å². The van der Waals surface area contributed by atoms with Crippen LogP contribution < -0.4 is 10.2 Å². The first kappa shape index (κ1) is 17.7. The van der Waals surface area contributed by atoms with Crippen molar-refractivity contribution in [1.29, 1.82) is 0 Å². The molecule has 0 aliphatic carbocycles. The topological polar surface area (TPSA) is 41.0 Å². The van der Waals surface area contributed by atoms with Crippen LogP contribution in [-0.2, 0) is 0 Å². The Labute approximate surface area is 155 Å². The van der Waals surface area contributed by atoms with E-state index in [0.717, 1.165) is 22.0 Å². The summed E-state index contributed by atoms with van der Waals surface area (Å²) in [5.74, 6) is 0.553. The third-order valence-corrected chi connectivity index (χ3v) is 4.75. The number of fused-ring (bicyclic) bond motifs is 1. The molecule has 0 saturated carbocycles. The molecule has 1 N–H and O–H groups in total. The summed E-state index contributed by atoms with van der Waals surface area (Å²) < 4.78 is 37.1. The van der Waals surface area contributed by atoms with Crippen LogP contribution in [0.1, 0.15) is 6.42 Å². The predicted molar refractivity (Wildman–Crippen MR) is 99.6 cm³/mol. The molecule has 4 nitrogen and oxygen atoms in total. The SMILES string of the molecule is FC(F)(F)CN[C@H]1CCN(c2nccc(-c3ccc4ccccc4c3)n2)C1. The number of benzene rings is 2. The van der Waals surface area contributed by atoms with E-state index in [1.165, 1.54) is 0 Å². The zero-order valence-electron chi connectivity index (χ0n) is 14.6. The highest BCUT2D eigenvalue weighted by atomic mass is 19.4. The molecule has 27 heavy (non-hydrogen) atoms. The van der Waals surface area contributed by atoms with Gasteiger partial charge in [-0.2, -0.15) is 13.2 Å². The lowest BCUT2D eigenvalue weighted by Crippen LogP contribution is -2.39. The quantitative estimate of drug-likeness (QED) is 0.751. The van der Waals surface area contributed by atoms with Gasteiger partial charge >= 0.3 is 6.18 Å². The molecule has 1 aliphatic heterocycles. The first-order chi connectivity index (χ1) is 13.0. The summed E-state index contributed by atoms with van der Waals surface area (Å²) in [6, 6.07) is 15.9. The smallest absolute Gasteiger partial charge is 0.339 e. The average Bonchev–Trinajstić information content (AvgIpc) is 3.15. The van der Waals surface area contributed by atoms with Crippen molar-refractivity contribution in [1.82, 2.24) is 15.3 Å². The minimum Gasteiger partial charge on any atom is -0.339 e. The van der Waals surface area contributed by atoms with E-state index < -0.39 is 12.7 Å². The number of anilines is 1. The minimum atomic E-state index is -4.19. The van der Waals surface area contributed by atoms with Gasteiger partial charge in [0.15, 0.2) is 0 Å². The van der Waals surface area contributed by atoms with Gasteiger partial charge in [-0.3, -0.25) is 0 Å². The summed E-state index contributed by atoms with van der Waals surface area (Å²) in [5, 5.41) is 4.86. The predicted octanol–water partition coefficient (Wildman–Crippen LogP) is 4.03. The van der Waals surface area contributed by atoms with Crippen LogP contribution in [0.15, 0.2) is 54.7 Å². The molecule has 1 fully saturated rings. The highest BCUT2D eigenvalue weighted by Gasteiger charge is 2.31. The van der Waals surface area contributed by atoms with E-state index in [9.17, 15) is 13.2 Å². The molecule has 1 saturated heterocycles. The number of nitrogens with zero attached hydrogens (tertiary/aromatic N) is 3. The molecule has 2 aromatic carbocycles. The Morgan fingerprint density at radius 2 is 1.89 bits per heavy atom. The lowest BCUT2D eigenvalue weighted by Gasteiger charge is -2.18. The van der Waals surface area contributed by atoms with Crippen LogP contribution in [0, 0.1) is 0 Å². The summed E-state index contributed by atoms with van der Waals surface area (Å²) in [5.41, 5.74) is 1.79. The van der Waals surface area contributed by atoms with Crippen LogP contribution in [0.4, 0.5) is 19.1 Å². The largest absolute Gasteiger partial charge is 0.401 e. The van der Waals surface area contributed by atoms with Crippen molar-refractivity contribution >= 4 is 16.7 Å². The van der Waals surface area contributed by atoms with E-state index >= 15 is 0 Å². The molecule has 0 spiro atoms. The molecule has 140 valence electrons. The van der Waals surface area contributed by atoms with Gasteiger partial charge in [-0.05, 0) is 29.3 Å². The van der Waals surface area contributed by atoms with Gasteiger partial charge in [-0.15, -0.1) is 0 Å². The highest BCUT2D eigenvalue weighted by molar-refractivity contribution is 5.86. The number of hydrogen-bond acceptors (Lipinski definition) is 4. The Morgan fingerprint density at radius 3 is 2.70 bits per heavy atom. The van der Waals surface area contributed by atoms with Gasteiger partial charge in [0.25, 0.3) is 0 Å². The maximum absolute atomic E-state index is 12.4. The number of hydrogen-bond donors (Lipinski definition) is 1. The third-order valence-electron chi connectivity index (χ3n) is 4.75. The average molecular weight is 372 g/mol. The van der Waals surface area contributed by atoms with Crippen LogP contribution in [0.3, 0.4) is 0 Å². The molecule has 0 amide bonds. The number of halogens is 3. The number of alkyl halides is 3. The molecular formula is C20H19F3N4. The second-order valence-electron chi connectivity index (χ2n) is 6.73. The highest BCUT2D eigenvalue weighted by Crippen LogP contribution is 2.25. The van der Waals surface area contributed by atoms with Crippen LogP contribution in [0.5, 0.6) is 0 Å². The van der Waals surface area contributed by atoms with Crippen molar-refractivity contribution in [2.24, 2.45) is 0 Å². The Bertz CT molecular complexity index is 942. The molecule has 0 bridgehead atoms. The zero-order valence-corrected chi connectivity index (χ0v) is 14.6. The van der Waals surface area contributed by atoms with Crippen LogP contribution in [0.25, 0.3) is 22.0 Å². The van der Waals surface area contributed by atoms with Gasteiger partial charge in [-0.1, -0.05) is 36.4 Å². The van der Waals surface area contributed by atoms with Crippen molar-refractivity contribution < 1.29 is 13.2 Å². The fraction of sp³-hybridized carbons (Fsp3) is 0.300. The number of nitrogens with one attached hydrogen (secondary N) is 1. The molecular weight excluding hydrogens is 353 g/mol. The van der Waals surface area contributed by atoms with Crippen molar-refractivity contribution in [3.8, 4) is 11.3 Å². The van der Waals surface area contributed by atoms with E-state index in [2.05, 4.69) is 39.6 Å². The Morgan fingerprint density at radius 1 is 1.07 bits per heavy atom. The molecule has 4 rings (SSSR count). The van der Waals surface area contributed by atoms with Gasteiger partial charge in [0, 0.05) is 30.9 Å². The van der Waals surface area contributed by atoms with E-state index in [-0.39, 0.29) is 6.04 Å². The van der Waals surface area contributed by atoms with E-state index in [4.69, 9.17) is 0 Å². The first-order valence-electron chi connectivity index (χ1n) is 8.85. The van der Waals surface area contributed by atoms with Crippen molar-refractivity contribution in [3.63, 3.8) is 0 Å². The van der Waals surface area contributed by atoms with Crippen LogP contribution >= 0.6 is 0 Å². The molecule has 0 radical (unpaired) electrons. The second kappa shape index (κ2) is 7.15. The summed E-state index contributed by atoms with van der Waals surface area (Å²) in [6.45, 7) is 0.136. The van der Waals surface area contributed by atoms with E-state index in [0.29, 0.717) is 25.5 Å². The molecule has 1 atom stereocenters. The fourth-order valence-corrected chi connectivity index (χ4v) is 3.38. The zero-order chi connectivity index (χ0) is 18.9. The van der Waals surface area contributed by atoms with Crippen LogP contribution in [-0.4, -0.2) is 41.8 Å². The second-order valence-corrected chi connectivity index (χ2v) is 6.73. The van der Waals surface area contributed by atoms with Gasteiger partial charge in [-0.25, -0.2) is 9.97 Å². The maximum atomic E-state index is 12.4. The van der Waals surface area contributed by atoms with E-state index in [1.54, 1.807) is 6.20 Å². The maximum Gasteiger partial charge on any atom is 0.401 e. The molecule has 7 heteroatoms. The minimum absolute atomic E-state index is 0.209. The molecule has 3 aromatic rings. The Hall–Kier alpha value is -2.67. The Kier molecular flexibility index (Phi) is 4.70. The molecule has 0 unspecified atom stereocenters. The standard InChI is InChI=1S/C20H19F3N4/c21-20(22,23)13-25-17-8-10-27(12-17)19-24-9-7-18(26-19)16-6-5-14-3-1-2-4-15(14)11-16/h1-7,9,11,17,25H,8,10,12-13H2/t17-/m0/s1. The van der Waals surface area contributed by atoms with Crippen LogP contribution in [0.2, 0.25) is 0 Å². The van der Waals surface area contributed by atoms with Crippen molar-refractivity contribution in [2.45, 2.75) is 18.6 Å². The van der Waals surface area contributed by atoms with Gasteiger partial charge in [0.1, 0.15) is 0 Å². The van der Waals surface area contributed by atoms with Gasteiger partial charge in [0.05, 0.1) is 12.2 Å². The lowest BCUT2D eigenvalue weighted by atomic mass is 10.1. The summed E-state index contributed by atoms with van der Waals surface area (Å²) in [7, 11) is 0.